The molecule has 1 heterocycles. The SMILES string of the molecule is CC(=O)N(C(C)=O)C1CCC2CC(N3C(=O)C4CC5CC(C)C(C)CC5CC4C3=O)CCC2C1. The lowest BCUT2D eigenvalue weighted by atomic mass is 9.60. The van der Waals surface area contributed by atoms with E-state index >= 15 is 0 Å². The van der Waals surface area contributed by atoms with Crippen LogP contribution in [-0.4, -0.2) is 45.5 Å². The van der Waals surface area contributed by atoms with E-state index < -0.39 is 0 Å². The van der Waals surface area contributed by atoms with Crippen molar-refractivity contribution in [1.29, 1.82) is 0 Å². The minimum Gasteiger partial charge on any atom is -0.280 e. The first-order chi connectivity index (χ1) is 16.2. The summed E-state index contributed by atoms with van der Waals surface area (Å²) in [4.78, 5) is 54.3. The maximum Gasteiger partial charge on any atom is 0.233 e. The van der Waals surface area contributed by atoms with Crippen molar-refractivity contribution in [2.45, 2.75) is 104 Å². The van der Waals surface area contributed by atoms with Gasteiger partial charge in [-0.1, -0.05) is 13.8 Å². The zero-order chi connectivity index (χ0) is 24.3. The topological polar surface area (TPSA) is 74.8 Å². The Morgan fingerprint density at radius 2 is 1.18 bits per heavy atom. The molecule has 5 rings (SSSR count). The fourth-order valence-corrected chi connectivity index (χ4v) is 8.78. The number of hydrogen-bond acceptors (Lipinski definition) is 4. The summed E-state index contributed by atoms with van der Waals surface area (Å²) < 4.78 is 0. The summed E-state index contributed by atoms with van der Waals surface area (Å²) in [5, 5.41) is 0. The second kappa shape index (κ2) is 9.05. The number of likely N-dealkylation sites (tertiary alicyclic amines) is 1. The average Bonchev–Trinajstić information content (AvgIpc) is 3.01. The van der Waals surface area contributed by atoms with E-state index in [0.717, 1.165) is 51.4 Å². The van der Waals surface area contributed by atoms with Gasteiger partial charge in [-0.2, -0.15) is 0 Å². The van der Waals surface area contributed by atoms with Crippen LogP contribution in [0.3, 0.4) is 0 Å². The van der Waals surface area contributed by atoms with Crippen LogP contribution in [0, 0.1) is 47.3 Å². The standard InChI is InChI=1S/C28H42N2O4/c1-15-9-21-13-25-26(14-22(21)10-16(15)2)28(34)30(27(25)33)24-8-6-19-11-23(7-5-20(19)12-24)29(17(3)31)18(4)32/h15-16,19-26H,5-14H2,1-4H3. The zero-order valence-electron chi connectivity index (χ0n) is 21.4. The molecule has 0 spiro atoms. The van der Waals surface area contributed by atoms with Crippen molar-refractivity contribution in [1.82, 2.24) is 9.80 Å². The first-order valence-electron chi connectivity index (χ1n) is 13.8. The molecule has 0 aromatic rings. The molecule has 4 aliphatic carbocycles. The number of rotatable bonds is 2. The predicted octanol–water partition coefficient (Wildman–Crippen LogP) is 4.41. The van der Waals surface area contributed by atoms with Crippen LogP contribution in [0.1, 0.15) is 91.9 Å². The zero-order valence-corrected chi connectivity index (χ0v) is 21.4. The first-order valence-corrected chi connectivity index (χ1v) is 13.8. The van der Waals surface area contributed by atoms with E-state index in [1.165, 1.54) is 31.6 Å². The molecular formula is C28H42N2O4. The van der Waals surface area contributed by atoms with Crippen molar-refractivity contribution in [3.8, 4) is 0 Å². The van der Waals surface area contributed by atoms with Gasteiger partial charge < -0.3 is 0 Å². The van der Waals surface area contributed by atoms with Gasteiger partial charge in [-0.25, -0.2) is 0 Å². The van der Waals surface area contributed by atoms with Crippen LogP contribution in [0.15, 0.2) is 0 Å². The number of hydrogen-bond donors (Lipinski definition) is 0. The van der Waals surface area contributed by atoms with Crippen LogP contribution < -0.4 is 0 Å². The average molecular weight is 471 g/mol. The quantitative estimate of drug-likeness (QED) is 0.560. The summed E-state index contributed by atoms with van der Waals surface area (Å²) in [6.45, 7) is 7.65. The highest BCUT2D eigenvalue weighted by Gasteiger charge is 2.56. The molecule has 0 N–H and O–H groups in total. The molecule has 1 saturated heterocycles. The molecule has 5 fully saturated rings. The van der Waals surface area contributed by atoms with Crippen molar-refractivity contribution in [2.75, 3.05) is 0 Å². The Balaban J connectivity index is 1.24. The van der Waals surface area contributed by atoms with Gasteiger partial charge in [0.2, 0.25) is 23.6 Å². The van der Waals surface area contributed by atoms with Crippen LogP contribution in [0.2, 0.25) is 0 Å². The molecule has 6 nitrogen and oxygen atoms in total. The van der Waals surface area contributed by atoms with E-state index in [1.54, 1.807) is 4.90 Å². The van der Waals surface area contributed by atoms with Crippen LogP contribution in [0.25, 0.3) is 0 Å². The lowest BCUT2D eigenvalue weighted by Gasteiger charge is -2.45. The van der Waals surface area contributed by atoms with Gasteiger partial charge in [0, 0.05) is 25.9 Å². The summed E-state index contributed by atoms with van der Waals surface area (Å²) in [5.41, 5.74) is 0. The Hall–Kier alpha value is -1.72. The van der Waals surface area contributed by atoms with Gasteiger partial charge in [-0.05, 0) is 99.7 Å². The monoisotopic (exact) mass is 470 g/mol. The van der Waals surface area contributed by atoms with Gasteiger partial charge in [0.05, 0.1) is 11.8 Å². The number of carbonyl (C=O) groups is 4. The smallest absolute Gasteiger partial charge is 0.233 e. The maximum atomic E-state index is 13.5. The highest BCUT2D eigenvalue weighted by Crippen LogP contribution is 2.53. The summed E-state index contributed by atoms with van der Waals surface area (Å²) in [5.74, 6) is 3.36. The fourth-order valence-electron chi connectivity index (χ4n) is 8.78. The lowest BCUT2D eigenvalue weighted by Crippen LogP contribution is -2.50. The Bertz CT molecular complexity index is 820. The largest absolute Gasteiger partial charge is 0.280 e. The summed E-state index contributed by atoms with van der Waals surface area (Å²) in [6.07, 6.45) is 9.66. The molecule has 0 aromatic heterocycles. The third kappa shape index (κ3) is 4.03. The normalized spacial score (nSPS) is 44.2. The van der Waals surface area contributed by atoms with E-state index in [0.29, 0.717) is 35.5 Å². The summed E-state index contributed by atoms with van der Waals surface area (Å²) in [6, 6.07) is 0.0406. The molecule has 4 amide bonds. The maximum absolute atomic E-state index is 13.5. The molecule has 10 unspecified atom stereocenters. The van der Waals surface area contributed by atoms with Crippen LogP contribution in [0.5, 0.6) is 0 Å². The highest BCUT2D eigenvalue weighted by molar-refractivity contribution is 6.05. The van der Waals surface area contributed by atoms with E-state index in [1.807, 2.05) is 0 Å². The molecule has 0 aromatic carbocycles. The first kappa shape index (κ1) is 24.0. The molecule has 188 valence electrons. The molecule has 0 radical (unpaired) electrons. The Morgan fingerprint density at radius 1 is 0.676 bits per heavy atom. The van der Waals surface area contributed by atoms with Gasteiger partial charge in [-0.3, -0.25) is 29.0 Å². The van der Waals surface area contributed by atoms with Crippen molar-refractivity contribution < 1.29 is 19.2 Å². The third-order valence-corrected chi connectivity index (χ3v) is 10.7. The number of carbonyl (C=O) groups excluding carboxylic acids is 4. The number of nitrogens with zero attached hydrogens (tertiary/aromatic N) is 2. The van der Waals surface area contributed by atoms with Gasteiger partial charge in [-0.15, -0.1) is 0 Å². The predicted molar refractivity (Wildman–Crippen MR) is 128 cm³/mol. The molecule has 4 saturated carbocycles. The summed E-state index contributed by atoms with van der Waals surface area (Å²) >= 11 is 0. The lowest BCUT2D eigenvalue weighted by molar-refractivity contribution is -0.149. The number of fused-ring (bicyclic) bond motifs is 3. The van der Waals surface area contributed by atoms with Crippen LogP contribution in [0.4, 0.5) is 0 Å². The van der Waals surface area contributed by atoms with E-state index in [4.69, 9.17) is 0 Å². The third-order valence-electron chi connectivity index (χ3n) is 10.7. The second-order valence-corrected chi connectivity index (χ2v) is 12.5. The van der Waals surface area contributed by atoms with Crippen LogP contribution >= 0.6 is 0 Å². The van der Waals surface area contributed by atoms with Gasteiger partial charge in [0.25, 0.3) is 0 Å². The van der Waals surface area contributed by atoms with Crippen LogP contribution in [-0.2, 0) is 19.2 Å². The van der Waals surface area contributed by atoms with Crippen molar-refractivity contribution in [2.24, 2.45) is 47.3 Å². The molecule has 5 aliphatic rings. The van der Waals surface area contributed by atoms with Crippen molar-refractivity contribution in [3.05, 3.63) is 0 Å². The van der Waals surface area contributed by atoms with E-state index in [-0.39, 0.29) is 47.5 Å². The second-order valence-electron chi connectivity index (χ2n) is 12.5. The number of imide groups is 2. The molecule has 10 atom stereocenters. The Labute approximate surface area is 204 Å². The number of amides is 4. The Kier molecular flexibility index (Phi) is 6.39. The minimum atomic E-state index is -0.162. The van der Waals surface area contributed by atoms with Crippen molar-refractivity contribution >= 4 is 23.6 Å². The molecule has 6 heteroatoms. The molecular weight excluding hydrogens is 428 g/mol. The minimum absolute atomic E-state index is 0.00107. The highest BCUT2D eigenvalue weighted by atomic mass is 16.2. The van der Waals surface area contributed by atoms with Gasteiger partial charge >= 0.3 is 0 Å². The van der Waals surface area contributed by atoms with E-state index in [9.17, 15) is 19.2 Å². The van der Waals surface area contributed by atoms with Crippen molar-refractivity contribution in [3.63, 3.8) is 0 Å². The fraction of sp³-hybridized carbons (Fsp3) is 0.857. The Morgan fingerprint density at radius 3 is 1.71 bits per heavy atom. The summed E-state index contributed by atoms with van der Waals surface area (Å²) in [7, 11) is 0. The molecule has 1 aliphatic heterocycles. The van der Waals surface area contributed by atoms with Gasteiger partial charge in [0.15, 0.2) is 0 Å². The molecule has 34 heavy (non-hydrogen) atoms. The van der Waals surface area contributed by atoms with E-state index in [2.05, 4.69) is 13.8 Å². The van der Waals surface area contributed by atoms with Gasteiger partial charge in [0.1, 0.15) is 0 Å². The molecule has 0 bridgehead atoms.